The lowest BCUT2D eigenvalue weighted by Crippen LogP contribution is -2.28. The Labute approximate surface area is 234 Å². The Morgan fingerprint density at radius 3 is 1.82 bits per heavy atom. The van der Waals surface area contributed by atoms with E-state index in [2.05, 4.69) is 22.1 Å². The van der Waals surface area contributed by atoms with Crippen LogP contribution < -0.4 is 20.1 Å². The predicted molar refractivity (Wildman–Crippen MR) is 141 cm³/mol. The van der Waals surface area contributed by atoms with Gasteiger partial charge in [-0.3, -0.25) is 29.3 Å². The Morgan fingerprint density at radius 1 is 0.875 bits per heavy atom. The lowest BCUT2D eigenvalue weighted by atomic mass is 10.2. The summed E-state index contributed by atoms with van der Waals surface area (Å²) in [4.78, 5) is 73.8. The van der Waals surface area contributed by atoms with Crippen molar-refractivity contribution < 1.29 is 43.5 Å². The highest BCUT2D eigenvalue weighted by Crippen LogP contribution is 2.40. The third-order valence-corrected chi connectivity index (χ3v) is 6.71. The molecular formula is C23H22N4O11S2. The summed E-state index contributed by atoms with van der Waals surface area (Å²) in [5.41, 5.74) is -0.260. The van der Waals surface area contributed by atoms with Crippen LogP contribution in [0.2, 0.25) is 0 Å². The van der Waals surface area contributed by atoms with Crippen molar-refractivity contribution in [2.45, 2.75) is 23.6 Å². The third kappa shape index (κ3) is 10.6. The molecule has 2 N–H and O–H groups in total. The van der Waals surface area contributed by atoms with E-state index in [1.165, 1.54) is 24.3 Å². The van der Waals surface area contributed by atoms with E-state index >= 15 is 0 Å². The molecule has 0 heterocycles. The number of rotatable bonds is 14. The van der Waals surface area contributed by atoms with Crippen LogP contribution in [0.4, 0.5) is 0 Å². The zero-order valence-corrected chi connectivity index (χ0v) is 22.6. The maximum Gasteiger partial charge on any atom is 0.308 e. The molecule has 0 saturated carbocycles. The van der Waals surface area contributed by atoms with Crippen molar-refractivity contribution in [3.8, 4) is 11.5 Å². The van der Waals surface area contributed by atoms with E-state index in [0.717, 1.165) is 35.4 Å². The van der Waals surface area contributed by atoms with Gasteiger partial charge in [-0.1, -0.05) is 28.2 Å². The van der Waals surface area contributed by atoms with Gasteiger partial charge in [0.05, 0.1) is 16.8 Å². The van der Waals surface area contributed by atoms with Gasteiger partial charge in [-0.2, -0.15) is 0 Å². The van der Waals surface area contributed by atoms with Crippen molar-refractivity contribution in [1.82, 2.24) is 10.6 Å². The summed E-state index contributed by atoms with van der Waals surface area (Å²) in [7, 11) is 2.32. The molecule has 0 atom stereocenters. The number of nitrogens with one attached hydrogen (secondary N) is 2. The number of benzene rings is 2. The number of nitrogens with zero attached hydrogens (tertiary/aromatic N) is 2. The van der Waals surface area contributed by atoms with Crippen LogP contribution in [-0.2, 0) is 14.4 Å². The van der Waals surface area contributed by atoms with E-state index < -0.39 is 40.3 Å². The second-order valence-electron chi connectivity index (χ2n) is 7.53. The molecule has 0 aliphatic heterocycles. The number of hydrogen-bond acceptors (Lipinski definition) is 13. The lowest BCUT2D eigenvalue weighted by Gasteiger charge is -2.13. The zero-order chi connectivity index (χ0) is 29.8. The molecule has 0 aliphatic carbocycles. The van der Waals surface area contributed by atoms with E-state index in [9.17, 15) is 39.4 Å². The van der Waals surface area contributed by atoms with Gasteiger partial charge in [0.25, 0.3) is 16.9 Å². The molecule has 2 aromatic rings. The number of hydrogen-bond donors (Lipinski definition) is 2. The van der Waals surface area contributed by atoms with Crippen molar-refractivity contribution >= 4 is 45.3 Å². The number of carbonyl (C=O) groups excluding carboxylic acids is 4. The van der Waals surface area contributed by atoms with Crippen LogP contribution in [0.1, 0.15) is 34.6 Å². The molecule has 0 fully saturated rings. The van der Waals surface area contributed by atoms with Gasteiger partial charge in [-0.05, 0) is 36.4 Å². The first-order valence-electron chi connectivity index (χ1n) is 11.0. The number of esters is 2. The van der Waals surface area contributed by atoms with Crippen LogP contribution >= 0.6 is 21.6 Å². The molecule has 2 amide bonds. The van der Waals surface area contributed by atoms with Gasteiger partial charge in [-0.15, -0.1) is 10.1 Å². The van der Waals surface area contributed by atoms with Crippen LogP contribution in [0.3, 0.4) is 0 Å². The highest BCUT2D eigenvalue weighted by Gasteiger charge is 2.19. The second kappa shape index (κ2) is 15.1. The van der Waals surface area contributed by atoms with Gasteiger partial charge in [0.1, 0.15) is 18.1 Å². The molecule has 0 unspecified atom stereocenters. The van der Waals surface area contributed by atoms with Gasteiger partial charge >= 0.3 is 11.9 Å². The second-order valence-corrected chi connectivity index (χ2v) is 9.81. The van der Waals surface area contributed by atoms with Crippen LogP contribution in [0, 0.1) is 20.2 Å². The zero-order valence-electron chi connectivity index (χ0n) is 21.0. The molecule has 40 heavy (non-hydrogen) atoms. The van der Waals surface area contributed by atoms with Crippen molar-refractivity contribution in [1.29, 1.82) is 0 Å². The smallest absolute Gasteiger partial charge is 0.308 e. The van der Waals surface area contributed by atoms with E-state index in [-0.39, 0.29) is 41.5 Å². The minimum atomic E-state index is -0.998. The molecule has 2 aromatic carbocycles. The summed E-state index contributed by atoms with van der Waals surface area (Å²) in [5, 5.41) is 24.7. The van der Waals surface area contributed by atoms with Gasteiger partial charge in [0.2, 0.25) is 6.54 Å². The summed E-state index contributed by atoms with van der Waals surface area (Å²) in [6.45, 7) is 4.48. The van der Waals surface area contributed by atoms with Gasteiger partial charge < -0.3 is 24.9 Å². The SMILES string of the molecule is C=C(C[N+](=O)[O-])NC(=O)c1cc(SSc2ccc(OC(C)=O)c(C(=O)NCCO[N+](=O)[O-])c2)ccc1OC(C)=O. The van der Waals surface area contributed by atoms with Crippen molar-refractivity contribution in [3.05, 3.63) is 80.0 Å². The number of nitro groups is 1. The Bertz CT molecular complexity index is 1350. The molecule has 15 nitrogen and oxygen atoms in total. The topological polar surface area (TPSA) is 206 Å². The van der Waals surface area contributed by atoms with Crippen molar-refractivity contribution in [3.63, 3.8) is 0 Å². The summed E-state index contributed by atoms with van der Waals surface area (Å²) < 4.78 is 10.2. The van der Waals surface area contributed by atoms with E-state index in [4.69, 9.17) is 9.47 Å². The molecular weight excluding hydrogens is 572 g/mol. The van der Waals surface area contributed by atoms with Crippen LogP contribution in [0.15, 0.2) is 58.5 Å². The molecule has 0 aromatic heterocycles. The summed E-state index contributed by atoms with van der Waals surface area (Å²) in [6, 6.07) is 8.75. The van der Waals surface area contributed by atoms with Crippen molar-refractivity contribution in [2.75, 3.05) is 19.7 Å². The highest BCUT2D eigenvalue weighted by atomic mass is 33.1. The molecule has 0 radical (unpaired) electrons. The third-order valence-electron chi connectivity index (χ3n) is 4.33. The first-order chi connectivity index (χ1) is 18.8. The number of amides is 2. The normalized spacial score (nSPS) is 10.2. The summed E-state index contributed by atoms with van der Waals surface area (Å²) >= 11 is 0. The molecule has 0 bridgehead atoms. The van der Waals surface area contributed by atoms with E-state index in [1.54, 1.807) is 12.1 Å². The predicted octanol–water partition coefficient (Wildman–Crippen LogP) is 2.79. The Morgan fingerprint density at radius 2 is 1.38 bits per heavy atom. The lowest BCUT2D eigenvalue weighted by molar-refractivity contribution is -0.757. The molecule has 212 valence electrons. The molecule has 17 heteroatoms. The monoisotopic (exact) mass is 594 g/mol. The van der Waals surface area contributed by atoms with Crippen molar-refractivity contribution in [2.24, 2.45) is 0 Å². The molecule has 0 saturated heterocycles. The fourth-order valence-electron chi connectivity index (χ4n) is 2.86. The minimum absolute atomic E-state index is 0.0171. The largest absolute Gasteiger partial charge is 0.426 e. The van der Waals surface area contributed by atoms with E-state index in [0.29, 0.717) is 9.79 Å². The van der Waals surface area contributed by atoms with Gasteiger partial charge in [0, 0.05) is 35.1 Å². The average Bonchev–Trinajstić information content (AvgIpc) is 2.85. The summed E-state index contributed by atoms with van der Waals surface area (Å²) in [5.74, 6) is -2.90. The van der Waals surface area contributed by atoms with Crippen LogP contribution in [0.25, 0.3) is 0 Å². The minimum Gasteiger partial charge on any atom is -0.426 e. The molecule has 0 spiro atoms. The Kier molecular flexibility index (Phi) is 11.9. The number of carbonyl (C=O) groups is 4. The fraction of sp³-hybridized carbons (Fsp3) is 0.217. The van der Waals surface area contributed by atoms with Gasteiger partial charge in [0.15, 0.2) is 0 Å². The number of ether oxygens (including phenoxy) is 2. The average molecular weight is 595 g/mol. The first kappa shape index (κ1) is 31.6. The fourth-order valence-corrected chi connectivity index (χ4v) is 4.83. The highest BCUT2D eigenvalue weighted by molar-refractivity contribution is 8.76. The molecule has 0 aliphatic rings. The maximum absolute atomic E-state index is 12.7. The Balaban J connectivity index is 2.24. The Hall–Kier alpha value is -4.64. The molecule has 2 rings (SSSR count). The first-order valence-corrected chi connectivity index (χ1v) is 13.2. The van der Waals surface area contributed by atoms with E-state index in [1.807, 2.05) is 0 Å². The van der Waals surface area contributed by atoms with Gasteiger partial charge in [-0.25, -0.2) is 0 Å². The standard InChI is InChI=1S/C23H22N4O11S2/c1-13(12-26(32)33)25-23(31)19-11-17(5-7-21(19)38-15(3)29)40-39-16-4-6-20(37-14(2)28)18(10-16)22(30)24-8-9-36-27(34)35/h4-7,10-11H,1,8-9,12H2,2-3H3,(H,24,30)(H,25,31). The maximum atomic E-state index is 12.7. The van der Waals surface area contributed by atoms with Crippen LogP contribution in [-0.4, -0.2) is 53.5 Å². The summed E-state index contributed by atoms with van der Waals surface area (Å²) in [6.07, 6.45) is 0. The quantitative estimate of drug-likeness (QED) is 0.0806. The van der Waals surface area contributed by atoms with Crippen LogP contribution in [0.5, 0.6) is 11.5 Å².